The number of benzene rings is 3. The van der Waals surface area contributed by atoms with E-state index in [9.17, 15) is 0 Å². The smallest absolute Gasteiger partial charge is 0.0769 e. The SMILES string of the molecule is c1ccc(C2Sc3ccccc3N=C3c4ccccc4CC32)cc1. The van der Waals surface area contributed by atoms with Crippen molar-refractivity contribution in [2.75, 3.05) is 0 Å². The van der Waals surface area contributed by atoms with Gasteiger partial charge in [-0.3, -0.25) is 4.99 Å². The molecule has 116 valence electrons. The van der Waals surface area contributed by atoms with Crippen LogP contribution in [0.15, 0.2) is 88.8 Å². The van der Waals surface area contributed by atoms with Crippen LogP contribution in [0.2, 0.25) is 0 Å². The van der Waals surface area contributed by atoms with Gasteiger partial charge in [-0.2, -0.15) is 0 Å². The van der Waals surface area contributed by atoms with E-state index in [1.165, 1.54) is 27.3 Å². The van der Waals surface area contributed by atoms with E-state index in [2.05, 4.69) is 78.9 Å². The second-order valence-corrected chi connectivity index (χ2v) is 7.57. The van der Waals surface area contributed by atoms with Crippen LogP contribution in [-0.4, -0.2) is 5.71 Å². The van der Waals surface area contributed by atoms with Gasteiger partial charge in [0.2, 0.25) is 0 Å². The fourth-order valence-electron chi connectivity index (χ4n) is 3.82. The molecule has 1 nitrogen and oxygen atoms in total. The van der Waals surface area contributed by atoms with Crippen LogP contribution >= 0.6 is 11.8 Å². The maximum atomic E-state index is 5.11. The molecular formula is C22H17NS. The zero-order valence-electron chi connectivity index (χ0n) is 13.2. The minimum Gasteiger partial charge on any atom is -0.251 e. The lowest BCUT2D eigenvalue weighted by Gasteiger charge is -2.22. The minimum atomic E-state index is 0.404. The summed E-state index contributed by atoms with van der Waals surface area (Å²) in [6.45, 7) is 0. The fraction of sp³-hybridized carbons (Fsp3) is 0.136. The van der Waals surface area contributed by atoms with E-state index in [4.69, 9.17) is 4.99 Å². The van der Waals surface area contributed by atoms with Crippen LogP contribution in [0.3, 0.4) is 0 Å². The monoisotopic (exact) mass is 327 g/mol. The molecule has 0 radical (unpaired) electrons. The zero-order valence-corrected chi connectivity index (χ0v) is 14.0. The Morgan fingerprint density at radius 2 is 1.54 bits per heavy atom. The Balaban J connectivity index is 1.72. The van der Waals surface area contributed by atoms with Crippen molar-refractivity contribution in [1.82, 2.24) is 0 Å². The summed E-state index contributed by atoms with van der Waals surface area (Å²) in [5.74, 6) is 0.433. The van der Waals surface area contributed by atoms with E-state index in [1.807, 2.05) is 11.8 Å². The topological polar surface area (TPSA) is 12.4 Å². The maximum absolute atomic E-state index is 5.11. The van der Waals surface area contributed by atoms with Gasteiger partial charge in [0.1, 0.15) is 0 Å². The van der Waals surface area contributed by atoms with E-state index in [0.29, 0.717) is 11.2 Å². The molecule has 0 bridgehead atoms. The van der Waals surface area contributed by atoms with E-state index < -0.39 is 0 Å². The van der Waals surface area contributed by atoms with Gasteiger partial charge >= 0.3 is 0 Å². The van der Waals surface area contributed by atoms with Gasteiger partial charge in [0.15, 0.2) is 0 Å². The van der Waals surface area contributed by atoms with Crippen molar-refractivity contribution >= 4 is 23.2 Å². The van der Waals surface area contributed by atoms with Gasteiger partial charge in [0.05, 0.1) is 11.4 Å². The Kier molecular flexibility index (Phi) is 3.30. The third kappa shape index (κ3) is 2.22. The predicted molar refractivity (Wildman–Crippen MR) is 101 cm³/mol. The summed E-state index contributed by atoms with van der Waals surface area (Å²) in [6.07, 6.45) is 1.08. The summed E-state index contributed by atoms with van der Waals surface area (Å²) in [4.78, 5) is 6.40. The Hall–Kier alpha value is -2.32. The quantitative estimate of drug-likeness (QED) is 0.548. The van der Waals surface area contributed by atoms with Crippen molar-refractivity contribution in [3.05, 3.63) is 95.6 Å². The molecular weight excluding hydrogens is 310 g/mol. The molecule has 1 aliphatic carbocycles. The van der Waals surface area contributed by atoms with Gasteiger partial charge in [-0.05, 0) is 35.2 Å². The summed E-state index contributed by atoms with van der Waals surface area (Å²) in [7, 11) is 0. The molecule has 0 N–H and O–H groups in total. The highest BCUT2D eigenvalue weighted by molar-refractivity contribution is 7.99. The Morgan fingerprint density at radius 3 is 2.46 bits per heavy atom. The molecule has 0 saturated heterocycles. The van der Waals surface area contributed by atoms with Crippen LogP contribution in [0.5, 0.6) is 0 Å². The van der Waals surface area contributed by atoms with E-state index in [0.717, 1.165) is 12.1 Å². The number of nitrogens with zero attached hydrogens (tertiary/aromatic N) is 1. The molecule has 2 heteroatoms. The third-order valence-corrected chi connectivity index (χ3v) is 6.39. The van der Waals surface area contributed by atoms with Crippen LogP contribution in [0.4, 0.5) is 5.69 Å². The van der Waals surface area contributed by atoms with Crippen LogP contribution in [0.1, 0.15) is 21.9 Å². The molecule has 3 aromatic carbocycles. The zero-order chi connectivity index (χ0) is 15.9. The van der Waals surface area contributed by atoms with Gasteiger partial charge < -0.3 is 0 Å². The number of rotatable bonds is 1. The normalized spacial score (nSPS) is 21.2. The van der Waals surface area contributed by atoms with Crippen LogP contribution in [0, 0.1) is 5.92 Å². The Labute approximate surface area is 146 Å². The highest BCUT2D eigenvalue weighted by atomic mass is 32.2. The van der Waals surface area contributed by atoms with E-state index in [-0.39, 0.29) is 0 Å². The van der Waals surface area contributed by atoms with Gasteiger partial charge in [0, 0.05) is 16.1 Å². The molecule has 1 heterocycles. The first-order valence-electron chi connectivity index (χ1n) is 8.37. The Morgan fingerprint density at radius 1 is 0.792 bits per heavy atom. The largest absolute Gasteiger partial charge is 0.251 e. The minimum absolute atomic E-state index is 0.404. The highest BCUT2D eigenvalue weighted by Gasteiger charge is 2.37. The maximum Gasteiger partial charge on any atom is 0.0769 e. The van der Waals surface area contributed by atoms with Crippen molar-refractivity contribution in [2.24, 2.45) is 10.9 Å². The number of aliphatic imine (C=N–C) groups is 1. The summed E-state index contributed by atoms with van der Waals surface area (Å²) in [6, 6.07) is 28.2. The number of para-hydroxylation sites is 1. The second kappa shape index (κ2) is 5.64. The van der Waals surface area contributed by atoms with E-state index in [1.54, 1.807) is 0 Å². The lowest BCUT2D eigenvalue weighted by molar-refractivity contribution is 0.694. The molecule has 0 spiro atoms. The number of hydrogen-bond acceptors (Lipinski definition) is 2. The lowest BCUT2D eigenvalue weighted by atomic mass is 9.94. The van der Waals surface area contributed by atoms with Crippen LogP contribution < -0.4 is 0 Å². The van der Waals surface area contributed by atoms with Gasteiger partial charge in [0.25, 0.3) is 0 Å². The first kappa shape index (κ1) is 14.1. The molecule has 5 rings (SSSR count). The fourth-order valence-corrected chi connectivity index (χ4v) is 5.16. The first-order chi connectivity index (χ1) is 11.9. The first-order valence-corrected chi connectivity index (χ1v) is 9.25. The molecule has 0 fully saturated rings. The number of fused-ring (bicyclic) bond motifs is 4. The van der Waals surface area contributed by atoms with Crippen molar-refractivity contribution in [2.45, 2.75) is 16.6 Å². The molecule has 0 aromatic heterocycles. The van der Waals surface area contributed by atoms with Gasteiger partial charge in [-0.1, -0.05) is 66.7 Å². The molecule has 24 heavy (non-hydrogen) atoms. The van der Waals surface area contributed by atoms with Gasteiger partial charge in [-0.15, -0.1) is 11.8 Å². The number of thioether (sulfide) groups is 1. The van der Waals surface area contributed by atoms with Crippen molar-refractivity contribution in [3.63, 3.8) is 0 Å². The second-order valence-electron chi connectivity index (χ2n) is 6.38. The average Bonchev–Trinajstić information content (AvgIpc) is 2.91. The van der Waals surface area contributed by atoms with Crippen LogP contribution in [0.25, 0.3) is 0 Å². The summed E-state index contributed by atoms with van der Waals surface area (Å²) < 4.78 is 0. The lowest BCUT2D eigenvalue weighted by Crippen LogP contribution is -2.16. The Bertz CT molecular complexity index is 929. The van der Waals surface area contributed by atoms with Gasteiger partial charge in [-0.25, -0.2) is 0 Å². The molecule has 1 aliphatic heterocycles. The molecule has 0 amide bonds. The van der Waals surface area contributed by atoms with Crippen molar-refractivity contribution in [1.29, 1.82) is 0 Å². The van der Waals surface area contributed by atoms with Crippen molar-refractivity contribution in [3.8, 4) is 0 Å². The predicted octanol–water partition coefficient (Wildman–Crippen LogP) is 5.83. The third-order valence-electron chi connectivity index (χ3n) is 4.94. The van der Waals surface area contributed by atoms with Crippen LogP contribution in [-0.2, 0) is 6.42 Å². The highest BCUT2D eigenvalue weighted by Crippen LogP contribution is 2.51. The summed E-state index contributed by atoms with van der Waals surface area (Å²) in [5, 5.41) is 0.404. The molecule has 0 saturated carbocycles. The average molecular weight is 327 g/mol. The molecule has 2 aliphatic rings. The van der Waals surface area contributed by atoms with E-state index >= 15 is 0 Å². The standard InChI is InChI=1S/C22H17NS/c1-2-8-15(9-3-1)22-18-14-16-10-4-5-11-17(16)21(18)23-19-12-6-7-13-20(19)24-22/h1-13,18,22H,14H2. The molecule has 3 aromatic rings. The number of hydrogen-bond donors (Lipinski definition) is 0. The molecule has 2 atom stereocenters. The summed E-state index contributed by atoms with van der Waals surface area (Å²) in [5.41, 5.74) is 6.53. The summed E-state index contributed by atoms with van der Waals surface area (Å²) >= 11 is 1.96. The van der Waals surface area contributed by atoms with Crippen molar-refractivity contribution < 1.29 is 0 Å². The molecule has 2 unspecified atom stereocenters.